The number of allylic oxidation sites excluding steroid dienone is 2. The number of thiocarbonyl (C=S) groups is 1. The standard InChI is InChI=1S/C15H11Cl2NO4S2/c1-7(13-14(21)18-15(23)24-13)2-3-8-4-9(16)5-10(17)12(8)22-6-11(19)20/h2-5H,6H2,1H3,(H,19,20)(H,18,21,23). The van der Waals surface area contributed by atoms with Crippen molar-refractivity contribution in [2.45, 2.75) is 6.92 Å². The van der Waals surface area contributed by atoms with Gasteiger partial charge in [0.1, 0.15) is 10.1 Å². The summed E-state index contributed by atoms with van der Waals surface area (Å²) in [5, 5.41) is 11.9. The number of halogens is 2. The first kappa shape index (κ1) is 18.8. The number of thioether (sulfide) groups is 1. The lowest BCUT2D eigenvalue weighted by molar-refractivity contribution is -0.139. The minimum absolute atomic E-state index is 0.197. The predicted octanol–water partition coefficient (Wildman–Crippen LogP) is 3.89. The molecule has 0 spiro atoms. The summed E-state index contributed by atoms with van der Waals surface area (Å²) < 4.78 is 5.62. The molecule has 0 radical (unpaired) electrons. The molecule has 1 amide bonds. The topological polar surface area (TPSA) is 75.6 Å². The predicted molar refractivity (Wildman–Crippen MR) is 99.7 cm³/mol. The molecule has 24 heavy (non-hydrogen) atoms. The van der Waals surface area contributed by atoms with Crippen LogP contribution in [0.4, 0.5) is 0 Å². The summed E-state index contributed by atoms with van der Waals surface area (Å²) in [7, 11) is 0. The first-order valence-electron chi connectivity index (χ1n) is 6.53. The number of carbonyl (C=O) groups is 2. The van der Waals surface area contributed by atoms with Crippen LogP contribution in [0.1, 0.15) is 12.5 Å². The van der Waals surface area contributed by atoms with Gasteiger partial charge in [0.2, 0.25) is 0 Å². The molecule has 126 valence electrons. The average Bonchev–Trinajstić information content (AvgIpc) is 2.82. The number of carbonyl (C=O) groups excluding carboxylic acids is 1. The van der Waals surface area contributed by atoms with Crippen LogP contribution in [0.15, 0.2) is 28.7 Å². The molecule has 2 rings (SSSR count). The number of amides is 1. The van der Waals surface area contributed by atoms with Crippen LogP contribution in [0, 0.1) is 0 Å². The third-order valence-corrected chi connectivity index (χ3v) is 4.71. The summed E-state index contributed by atoms with van der Waals surface area (Å²) in [5.41, 5.74) is 1.19. The molecule has 0 bridgehead atoms. The van der Waals surface area contributed by atoms with Crippen molar-refractivity contribution in [1.82, 2.24) is 5.32 Å². The van der Waals surface area contributed by atoms with Crippen molar-refractivity contribution in [2.24, 2.45) is 0 Å². The number of benzene rings is 1. The van der Waals surface area contributed by atoms with Crippen molar-refractivity contribution >= 4 is 69.5 Å². The number of nitrogens with one attached hydrogen (secondary N) is 1. The average molecular weight is 404 g/mol. The molecule has 1 saturated heterocycles. The normalized spacial score (nSPS) is 16.5. The van der Waals surface area contributed by atoms with Gasteiger partial charge in [0.25, 0.3) is 5.91 Å². The van der Waals surface area contributed by atoms with Gasteiger partial charge in [0, 0.05) is 10.6 Å². The molecule has 0 aromatic heterocycles. The highest BCUT2D eigenvalue weighted by atomic mass is 35.5. The minimum Gasteiger partial charge on any atom is -0.480 e. The molecule has 0 unspecified atom stereocenters. The Kier molecular flexibility index (Phi) is 6.28. The number of carboxylic acids is 1. The van der Waals surface area contributed by atoms with E-state index in [0.717, 1.165) is 0 Å². The largest absolute Gasteiger partial charge is 0.480 e. The van der Waals surface area contributed by atoms with Gasteiger partial charge in [0.05, 0.1) is 9.93 Å². The second-order valence-corrected chi connectivity index (χ2v) is 7.21. The SMILES string of the molecule is CC(C=Cc1cc(Cl)cc(Cl)c1OCC(=O)O)=C1SC(=S)NC1=O. The fourth-order valence-corrected chi connectivity index (χ4v) is 3.46. The van der Waals surface area contributed by atoms with Gasteiger partial charge in [-0.1, -0.05) is 59.3 Å². The number of rotatable bonds is 5. The molecule has 1 fully saturated rings. The van der Waals surface area contributed by atoms with Crippen molar-refractivity contribution in [2.75, 3.05) is 6.61 Å². The Labute approximate surface area is 157 Å². The van der Waals surface area contributed by atoms with E-state index in [1.807, 2.05) is 0 Å². The zero-order valence-corrected chi connectivity index (χ0v) is 15.4. The van der Waals surface area contributed by atoms with E-state index in [1.165, 1.54) is 17.8 Å². The van der Waals surface area contributed by atoms with Crippen LogP contribution in [-0.2, 0) is 9.59 Å². The van der Waals surface area contributed by atoms with Crippen molar-refractivity contribution < 1.29 is 19.4 Å². The van der Waals surface area contributed by atoms with Gasteiger partial charge >= 0.3 is 5.97 Å². The fraction of sp³-hybridized carbons (Fsp3) is 0.133. The Balaban J connectivity index is 2.34. The number of hydrogen-bond acceptors (Lipinski definition) is 5. The van der Waals surface area contributed by atoms with Crippen LogP contribution < -0.4 is 10.1 Å². The molecule has 1 aromatic rings. The summed E-state index contributed by atoms with van der Waals surface area (Å²) in [6.45, 7) is 1.23. The third kappa shape index (κ3) is 4.73. The van der Waals surface area contributed by atoms with Crippen LogP contribution >= 0.6 is 47.2 Å². The smallest absolute Gasteiger partial charge is 0.341 e. The van der Waals surface area contributed by atoms with Gasteiger partial charge in [0.15, 0.2) is 6.61 Å². The van der Waals surface area contributed by atoms with E-state index >= 15 is 0 Å². The zero-order chi connectivity index (χ0) is 17.9. The molecule has 1 aliphatic heterocycles. The van der Waals surface area contributed by atoms with E-state index in [-0.39, 0.29) is 16.7 Å². The lowest BCUT2D eigenvalue weighted by Crippen LogP contribution is -2.18. The summed E-state index contributed by atoms with van der Waals surface area (Å²) in [5.74, 6) is -1.17. The Morgan fingerprint density at radius 2 is 2.17 bits per heavy atom. The molecule has 0 atom stereocenters. The van der Waals surface area contributed by atoms with Crippen molar-refractivity contribution in [3.63, 3.8) is 0 Å². The quantitative estimate of drug-likeness (QED) is 0.573. The van der Waals surface area contributed by atoms with E-state index in [9.17, 15) is 9.59 Å². The maximum absolute atomic E-state index is 11.7. The Bertz CT molecular complexity index is 790. The van der Waals surface area contributed by atoms with Gasteiger partial charge in [-0.25, -0.2) is 4.79 Å². The second kappa shape index (κ2) is 8.02. The van der Waals surface area contributed by atoms with Gasteiger partial charge in [-0.2, -0.15) is 0 Å². The molecular weight excluding hydrogens is 393 g/mol. The monoisotopic (exact) mass is 403 g/mol. The van der Waals surface area contributed by atoms with Gasteiger partial charge in [-0.3, -0.25) is 4.79 Å². The fourth-order valence-electron chi connectivity index (χ4n) is 1.85. The first-order chi connectivity index (χ1) is 11.3. The molecule has 0 saturated carbocycles. The van der Waals surface area contributed by atoms with Crippen LogP contribution in [-0.4, -0.2) is 27.9 Å². The Morgan fingerprint density at radius 3 is 2.75 bits per heavy atom. The van der Waals surface area contributed by atoms with Gasteiger partial charge in [-0.15, -0.1) is 0 Å². The third-order valence-electron chi connectivity index (χ3n) is 2.86. The molecule has 1 heterocycles. The number of aliphatic carboxylic acids is 1. The number of ether oxygens (including phenoxy) is 1. The van der Waals surface area contributed by atoms with Gasteiger partial charge in [-0.05, 0) is 24.6 Å². The van der Waals surface area contributed by atoms with E-state index < -0.39 is 12.6 Å². The van der Waals surface area contributed by atoms with Crippen LogP contribution in [0.3, 0.4) is 0 Å². The molecule has 9 heteroatoms. The van der Waals surface area contributed by atoms with Crippen molar-refractivity contribution in [1.29, 1.82) is 0 Å². The van der Waals surface area contributed by atoms with Crippen molar-refractivity contribution in [3.8, 4) is 5.75 Å². The Hall–Kier alpha value is -1.54. The minimum atomic E-state index is -1.12. The first-order valence-corrected chi connectivity index (χ1v) is 8.51. The summed E-state index contributed by atoms with van der Waals surface area (Å²) in [4.78, 5) is 22.9. The maximum atomic E-state index is 11.7. The number of carboxylic acid groups (broad SMARTS) is 1. The van der Waals surface area contributed by atoms with E-state index in [1.54, 1.807) is 25.1 Å². The maximum Gasteiger partial charge on any atom is 0.341 e. The molecule has 1 aromatic carbocycles. The highest BCUT2D eigenvalue weighted by molar-refractivity contribution is 8.26. The molecule has 0 aliphatic carbocycles. The van der Waals surface area contributed by atoms with E-state index in [2.05, 4.69) is 5.32 Å². The molecule has 2 N–H and O–H groups in total. The van der Waals surface area contributed by atoms with Crippen LogP contribution in [0.2, 0.25) is 10.0 Å². The molecule has 1 aliphatic rings. The second-order valence-electron chi connectivity index (χ2n) is 4.68. The lowest BCUT2D eigenvalue weighted by Gasteiger charge is -2.10. The van der Waals surface area contributed by atoms with Crippen molar-refractivity contribution in [3.05, 3.63) is 44.3 Å². The van der Waals surface area contributed by atoms with E-state index in [4.69, 9.17) is 45.3 Å². The highest BCUT2D eigenvalue weighted by Gasteiger charge is 2.23. The summed E-state index contributed by atoms with van der Waals surface area (Å²) in [6, 6.07) is 3.05. The van der Waals surface area contributed by atoms with Crippen LogP contribution in [0.5, 0.6) is 5.75 Å². The summed E-state index contributed by atoms with van der Waals surface area (Å²) in [6.07, 6.45) is 3.33. The number of hydrogen-bond donors (Lipinski definition) is 2. The lowest BCUT2D eigenvalue weighted by atomic mass is 10.1. The van der Waals surface area contributed by atoms with Crippen LogP contribution in [0.25, 0.3) is 6.08 Å². The van der Waals surface area contributed by atoms with E-state index in [0.29, 0.717) is 25.4 Å². The summed E-state index contributed by atoms with van der Waals surface area (Å²) >= 11 is 18.2. The zero-order valence-electron chi connectivity index (χ0n) is 12.3. The molecule has 5 nitrogen and oxygen atoms in total. The Morgan fingerprint density at radius 1 is 1.46 bits per heavy atom. The van der Waals surface area contributed by atoms with Gasteiger partial charge < -0.3 is 15.2 Å². The highest BCUT2D eigenvalue weighted by Crippen LogP contribution is 2.34. The molecular formula is C15H11Cl2NO4S2.